The smallest absolute Gasteiger partial charge is 1.00 e. The maximum absolute atomic E-state index is 12.8. The number of nitrogens with two attached hydrogens (primary N) is 1. The maximum atomic E-state index is 12.8. The van der Waals surface area contributed by atoms with Crippen molar-refractivity contribution >= 4 is 113 Å². The summed E-state index contributed by atoms with van der Waals surface area (Å²) in [4.78, 5) is 130. The van der Waals surface area contributed by atoms with Crippen LogP contribution in [0.1, 0.15) is 329 Å². The molecule has 4 aliphatic heterocycles. The van der Waals surface area contributed by atoms with Crippen molar-refractivity contribution < 1.29 is 74.8 Å². The number of pyridine rings is 2. The summed E-state index contributed by atoms with van der Waals surface area (Å²) in [5, 5.41) is 9.22. The van der Waals surface area contributed by atoms with Gasteiger partial charge in [0.2, 0.25) is 0 Å². The van der Waals surface area contributed by atoms with Crippen LogP contribution < -0.4 is 33.8 Å². The van der Waals surface area contributed by atoms with Crippen LogP contribution in [0.2, 0.25) is 0 Å². The summed E-state index contributed by atoms with van der Waals surface area (Å²) in [7, 11) is 0. The van der Waals surface area contributed by atoms with Crippen molar-refractivity contribution in [2.45, 2.75) is 284 Å². The number of aliphatic hydroxyl groups excluding tert-OH is 1. The predicted molar refractivity (Wildman–Crippen MR) is 557 cm³/mol. The van der Waals surface area contributed by atoms with Crippen molar-refractivity contribution in [1.29, 1.82) is 0 Å². The predicted octanol–water partition coefficient (Wildman–Crippen LogP) is 21.8. The minimum Gasteiger partial charge on any atom is -1.00 e. The number of H-pyrrole nitrogens is 2. The molecule has 4 saturated heterocycles. The number of hydrogen-bond acceptors (Lipinski definition) is 18. The Morgan fingerprint density at radius 1 is 0.419 bits per heavy atom. The number of hydrogen-bond donors (Lipinski definition) is 4. The Morgan fingerprint density at radius 2 is 0.757 bits per heavy atom. The van der Waals surface area contributed by atoms with E-state index in [1.807, 2.05) is 154 Å². The first-order valence-electron chi connectivity index (χ1n) is 46.4. The molecule has 20 nitrogen and oxygen atoms in total. The number of aliphatic hydroxyl groups is 1. The Hall–Kier alpha value is -8.29. The van der Waals surface area contributed by atoms with Crippen LogP contribution in [-0.2, 0) is 46.5 Å². The molecule has 5 fully saturated rings. The van der Waals surface area contributed by atoms with Crippen molar-refractivity contribution in [3.63, 3.8) is 0 Å². The number of likely N-dealkylation sites (tertiary alicyclic amines) is 3. The first kappa shape index (κ1) is 130. The van der Waals surface area contributed by atoms with E-state index in [9.17, 15) is 33.9 Å². The fraction of sp³-hybridized carbons (Fsp3) is 0.459. The van der Waals surface area contributed by atoms with Crippen molar-refractivity contribution in [3.05, 3.63) is 315 Å². The van der Waals surface area contributed by atoms with E-state index in [1.54, 1.807) is 26.8 Å². The molecule has 6 heterocycles. The first-order chi connectivity index (χ1) is 63.3. The molecule has 1 aliphatic carbocycles. The molecule has 136 heavy (non-hydrogen) atoms. The molecular weight excluding hydrogens is 1990 g/mol. The normalized spacial score (nSPS) is 14.1. The number of carbonyl (C=O) groups excluding carboxylic acids is 10. The summed E-state index contributed by atoms with van der Waals surface area (Å²) in [6.07, 6.45) is 25.8. The molecule has 4 atom stereocenters. The van der Waals surface area contributed by atoms with Crippen LogP contribution in [0.3, 0.4) is 0 Å². The number of ketones is 3. The van der Waals surface area contributed by atoms with Crippen LogP contribution in [0.15, 0.2) is 169 Å². The third kappa shape index (κ3) is 51.0. The van der Waals surface area contributed by atoms with Gasteiger partial charge in [-0.1, -0.05) is 208 Å². The molecule has 25 heteroatoms. The standard InChI is InChI=1S/C24H32N2O2.C15H23N.C14H21N.C10H12O.C9H11BrO.C9H9BrO.C8H7BrO.C8H12N2O.C6H12.C4H8O.3CO2.CH3.BrH.Mg/c1-16-14-18(3)25-24(28)22(16)10-11-23(27)21-9-8-20(15-17(21)2)19(4)26-12-6-5-7-13-26;1-12-7-8-15(11-13(12)2)14(3)16-9-5-4-6-10-16;1-12-7-6-8-14(11-12)13(2)15-9-4-3-5-10-15;1-7-4-5-10(9(3)11)6-8(7)2;2*1-6-5-8(7(2)11)3-4-9(6)10;1-6-4-7(5-10)2-3-8(6)9;1-5-3-6(2)10-8(11)7(5)4-9;1-2-4-6-5-3-1;1-2-4-5-3-1;3*2-1-3;;;/h8-9,14-15,19H,5-7,10-13H2,1-4H3,(H,25,28);7-8,11,14H,4-6,9-10H2,1-3H3;6-8,11,13H,3-5,9-10H2,1-2H3;4-6H,1-3H3;3-5,7,11H,1-2H3;3-5H,1-2H3;2-5H,1H3;3H,4,9H2,1-2H3,(H,10,11);1-6H2;1-4H2;;;;1H3;1H;/q;;;;;;;;;;;;;-1;;+2/p-1. The van der Waals surface area contributed by atoms with Gasteiger partial charge in [0.15, 0.2) is 17.3 Å². The van der Waals surface area contributed by atoms with Gasteiger partial charge in [-0.05, 0) is 355 Å². The summed E-state index contributed by atoms with van der Waals surface area (Å²) in [5.41, 5.74) is 29.5. The third-order valence-electron chi connectivity index (χ3n) is 24.0. The van der Waals surface area contributed by atoms with Crippen LogP contribution in [0.4, 0.5) is 0 Å². The van der Waals surface area contributed by atoms with E-state index in [1.165, 1.54) is 180 Å². The minimum absolute atomic E-state index is 0. The number of aryl methyl sites for hydroxylation is 13. The number of halogens is 4. The number of aromatic nitrogens is 2. The van der Waals surface area contributed by atoms with Gasteiger partial charge in [-0.2, -0.15) is 28.8 Å². The van der Waals surface area contributed by atoms with Crippen molar-refractivity contribution in [3.8, 4) is 0 Å². The zero-order valence-corrected chi connectivity index (χ0v) is 92.2. The largest absolute Gasteiger partial charge is 2.00 e. The van der Waals surface area contributed by atoms with Gasteiger partial charge in [-0.15, -0.1) is 0 Å². The maximum Gasteiger partial charge on any atom is 2.00 e. The number of nitrogens with zero attached hydrogens (tertiary/aromatic N) is 3. The number of rotatable bonds is 15. The number of ether oxygens (including phenoxy) is 1. The van der Waals surface area contributed by atoms with Gasteiger partial charge in [0.25, 0.3) is 11.1 Å². The van der Waals surface area contributed by atoms with Gasteiger partial charge >= 0.3 is 41.5 Å². The fourth-order valence-corrected chi connectivity index (χ4v) is 16.3. The van der Waals surface area contributed by atoms with Crippen LogP contribution in [0, 0.1) is 97.4 Å². The molecule has 0 spiro atoms. The van der Waals surface area contributed by atoms with E-state index in [0.717, 1.165) is 119 Å². The molecule has 2 aromatic heterocycles. The SMILES string of the molecule is C1CCCCC1.C1CCOC1.CC(=O)c1ccc(Br)c(C)c1.CC(=O)c1ccc(C)c(C)c1.Cc1cc(C(C)O)ccc1Br.Cc1cc(C)c(CCC(=O)c2ccc(C(C)N3CCCCC3)cc2C)c(=O)[nH]1.Cc1cc(C)c(CN)c(=O)[nH]1.Cc1cc(C=O)ccc1Br.Cc1ccc(C(C)N2CCCCC2)cc1C.Cc1cccc(C(C)N2CCCCC2)c1.O=C=O.O=C=O.O=C=O.[Br-].[CH3-].[Mg+2]. The van der Waals surface area contributed by atoms with Crippen molar-refractivity contribution in [2.75, 3.05) is 52.5 Å². The van der Waals surface area contributed by atoms with Crippen LogP contribution >= 0.6 is 47.8 Å². The molecular formula is C111H150Br4MgN6O14. The van der Waals surface area contributed by atoms with Gasteiger partial charge in [0.05, 0.1) is 6.10 Å². The summed E-state index contributed by atoms with van der Waals surface area (Å²) >= 11 is 10.1. The summed E-state index contributed by atoms with van der Waals surface area (Å²) in [5.74, 6) is 0.350. The van der Waals surface area contributed by atoms with E-state index >= 15 is 0 Å². The number of nitrogens with one attached hydrogen (secondary N) is 2. The molecule has 0 radical (unpaired) electrons. The van der Waals surface area contributed by atoms with Gasteiger partial charge in [-0.3, -0.25) is 43.5 Å². The zero-order valence-electron chi connectivity index (χ0n) is 84.4. The molecule has 5 aliphatic rings. The second-order valence-corrected chi connectivity index (χ2v) is 37.1. The van der Waals surface area contributed by atoms with Gasteiger partial charge in [0, 0.05) is 102 Å². The van der Waals surface area contributed by atoms with Crippen LogP contribution in [0.5, 0.6) is 0 Å². The molecule has 0 bridgehead atoms. The van der Waals surface area contributed by atoms with Gasteiger partial charge < -0.3 is 50.0 Å². The molecule has 1 saturated carbocycles. The van der Waals surface area contributed by atoms with E-state index in [2.05, 4.69) is 169 Å². The van der Waals surface area contributed by atoms with E-state index in [0.29, 0.717) is 48.6 Å². The Bertz CT molecular complexity index is 5150. The van der Waals surface area contributed by atoms with Crippen LogP contribution in [-0.4, -0.2) is 147 Å². The second-order valence-electron chi connectivity index (χ2n) is 34.5. The number of benzene rings is 7. The molecule has 9 aromatic rings. The molecule has 14 rings (SSSR count). The monoisotopic (exact) mass is 2130 g/mol. The fourth-order valence-electron chi connectivity index (χ4n) is 15.5. The molecule has 738 valence electrons. The second kappa shape index (κ2) is 73.8. The first-order valence-corrected chi connectivity index (χ1v) is 48.8. The summed E-state index contributed by atoms with van der Waals surface area (Å²) in [6.45, 7) is 47.7. The van der Waals surface area contributed by atoms with E-state index < -0.39 is 0 Å². The Balaban J connectivity index is 0. The Morgan fingerprint density at radius 3 is 1.10 bits per heavy atom. The van der Waals surface area contributed by atoms with Gasteiger partial charge in [0.1, 0.15) is 6.29 Å². The van der Waals surface area contributed by atoms with Crippen LogP contribution in [0.25, 0.3) is 0 Å². The number of Topliss-reactive ketones (excluding diaryl/α,β-unsaturated/α-hetero) is 3. The quantitative estimate of drug-likeness (QED) is 0.0321. The average Bonchev–Trinajstić information content (AvgIpc) is 0.955. The molecule has 0 amide bonds. The number of aldehydes is 1. The summed E-state index contributed by atoms with van der Waals surface area (Å²) < 4.78 is 8.11. The number of carbonyl (C=O) groups is 4. The summed E-state index contributed by atoms with van der Waals surface area (Å²) in [6, 6.07) is 50.2. The van der Waals surface area contributed by atoms with E-state index in [4.69, 9.17) is 39.2 Å². The molecule has 4 unspecified atom stereocenters. The minimum atomic E-state index is -0.373. The third-order valence-corrected chi connectivity index (χ3v) is 26.6. The Labute approximate surface area is 863 Å². The topological polar surface area (TPSA) is 302 Å². The molecule has 5 N–H and O–H groups in total. The zero-order chi connectivity index (χ0) is 99.7. The average molecular weight is 2140 g/mol. The van der Waals surface area contributed by atoms with Crippen molar-refractivity contribution in [2.24, 2.45) is 5.73 Å². The van der Waals surface area contributed by atoms with Crippen molar-refractivity contribution in [1.82, 2.24) is 24.7 Å². The van der Waals surface area contributed by atoms with Gasteiger partial charge in [-0.25, -0.2) is 0 Å². The number of aromatic amines is 2. The number of piperidine rings is 3. The van der Waals surface area contributed by atoms with E-state index in [-0.39, 0.29) is 100 Å². The molecule has 7 aromatic carbocycles. The Kier molecular flexibility index (Phi) is 70.4.